The standard InChI is InChI=1S/C22H28ClN3O3/c1-14(2)25-22(28)15-6-5-7-16(12-15)26-20(27)10-11-21-24-13-19(29-21)17-8-3-4-9-18(17)23/h3-4,8-9,13-16H,5-7,10-12H2,1-2H3,(H,25,28)(H,26,27). The first-order chi connectivity index (χ1) is 13.9. The highest BCUT2D eigenvalue weighted by Crippen LogP contribution is 2.28. The Balaban J connectivity index is 1.48. The minimum Gasteiger partial charge on any atom is -0.441 e. The zero-order valence-corrected chi connectivity index (χ0v) is 17.7. The predicted molar refractivity (Wildman–Crippen MR) is 112 cm³/mol. The average Bonchev–Trinajstić information content (AvgIpc) is 3.15. The molecule has 2 atom stereocenters. The minimum absolute atomic E-state index is 0.0265. The van der Waals surface area contributed by atoms with Gasteiger partial charge in [-0.15, -0.1) is 0 Å². The van der Waals surface area contributed by atoms with E-state index >= 15 is 0 Å². The molecule has 1 aromatic carbocycles. The molecule has 2 N–H and O–H groups in total. The summed E-state index contributed by atoms with van der Waals surface area (Å²) in [4.78, 5) is 28.9. The Kier molecular flexibility index (Phi) is 7.31. The van der Waals surface area contributed by atoms with E-state index in [4.69, 9.17) is 16.0 Å². The number of oxazole rings is 1. The van der Waals surface area contributed by atoms with Crippen LogP contribution in [-0.4, -0.2) is 28.9 Å². The Labute approximate surface area is 176 Å². The lowest BCUT2D eigenvalue weighted by atomic mass is 9.85. The van der Waals surface area contributed by atoms with Gasteiger partial charge in [-0.2, -0.15) is 0 Å². The lowest BCUT2D eigenvalue weighted by molar-refractivity contribution is -0.128. The van der Waals surface area contributed by atoms with Gasteiger partial charge in [0.15, 0.2) is 11.7 Å². The van der Waals surface area contributed by atoms with Gasteiger partial charge in [-0.3, -0.25) is 9.59 Å². The van der Waals surface area contributed by atoms with Crippen molar-refractivity contribution in [2.24, 2.45) is 5.92 Å². The predicted octanol–water partition coefficient (Wildman–Crippen LogP) is 4.13. The molecule has 1 heterocycles. The number of benzene rings is 1. The maximum atomic E-state index is 12.4. The van der Waals surface area contributed by atoms with Crippen LogP contribution in [0, 0.1) is 5.92 Å². The molecular formula is C22H28ClN3O3. The summed E-state index contributed by atoms with van der Waals surface area (Å²) in [5.41, 5.74) is 0.783. The quantitative estimate of drug-likeness (QED) is 0.709. The molecule has 1 aromatic heterocycles. The fraction of sp³-hybridized carbons (Fsp3) is 0.500. The van der Waals surface area contributed by atoms with Crippen LogP contribution in [0.2, 0.25) is 5.02 Å². The summed E-state index contributed by atoms with van der Waals surface area (Å²) in [5, 5.41) is 6.63. The fourth-order valence-electron chi connectivity index (χ4n) is 3.69. The second kappa shape index (κ2) is 9.92. The maximum absolute atomic E-state index is 12.4. The molecule has 0 aliphatic heterocycles. The van der Waals surface area contributed by atoms with E-state index in [1.54, 1.807) is 12.3 Å². The van der Waals surface area contributed by atoms with E-state index in [1.165, 1.54) is 0 Å². The van der Waals surface area contributed by atoms with E-state index in [0.29, 0.717) is 35.9 Å². The summed E-state index contributed by atoms with van der Waals surface area (Å²) in [5.74, 6) is 1.12. The van der Waals surface area contributed by atoms with Crippen LogP contribution in [0.3, 0.4) is 0 Å². The van der Waals surface area contributed by atoms with Crippen LogP contribution in [-0.2, 0) is 16.0 Å². The Morgan fingerprint density at radius 2 is 2.07 bits per heavy atom. The van der Waals surface area contributed by atoms with Crippen LogP contribution < -0.4 is 10.6 Å². The lowest BCUT2D eigenvalue weighted by Crippen LogP contribution is -2.43. The molecule has 6 nitrogen and oxygen atoms in total. The zero-order valence-electron chi connectivity index (χ0n) is 16.9. The van der Waals surface area contributed by atoms with Crippen LogP contribution in [0.15, 0.2) is 34.9 Å². The van der Waals surface area contributed by atoms with Crippen molar-refractivity contribution >= 4 is 23.4 Å². The molecule has 1 aliphatic carbocycles. The number of nitrogens with zero attached hydrogens (tertiary/aromatic N) is 1. The third-order valence-electron chi connectivity index (χ3n) is 5.10. The number of carbonyl (C=O) groups is 2. The second-order valence-electron chi connectivity index (χ2n) is 7.89. The van der Waals surface area contributed by atoms with Gasteiger partial charge in [-0.25, -0.2) is 4.98 Å². The number of aromatic nitrogens is 1. The summed E-state index contributed by atoms with van der Waals surface area (Å²) in [7, 11) is 0. The molecule has 1 fully saturated rings. The number of aryl methyl sites for hydroxylation is 1. The first-order valence-corrected chi connectivity index (χ1v) is 10.6. The molecule has 0 spiro atoms. The van der Waals surface area contributed by atoms with Crippen molar-refractivity contribution in [1.82, 2.24) is 15.6 Å². The topological polar surface area (TPSA) is 84.2 Å². The second-order valence-corrected chi connectivity index (χ2v) is 8.30. The summed E-state index contributed by atoms with van der Waals surface area (Å²) in [6, 6.07) is 7.59. The highest BCUT2D eigenvalue weighted by molar-refractivity contribution is 6.33. The number of rotatable bonds is 7. The van der Waals surface area contributed by atoms with E-state index < -0.39 is 0 Å². The lowest BCUT2D eigenvalue weighted by Gasteiger charge is -2.29. The first kappa shape index (κ1) is 21.4. The molecule has 156 valence electrons. The van der Waals surface area contributed by atoms with Crippen LogP contribution in [0.5, 0.6) is 0 Å². The van der Waals surface area contributed by atoms with Crippen LogP contribution in [0.25, 0.3) is 11.3 Å². The summed E-state index contributed by atoms with van der Waals surface area (Å²) >= 11 is 6.19. The van der Waals surface area contributed by atoms with Crippen molar-refractivity contribution in [3.63, 3.8) is 0 Å². The number of nitrogens with one attached hydrogen (secondary N) is 2. The van der Waals surface area contributed by atoms with E-state index in [0.717, 1.165) is 24.8 Å². The van der Waals surface area contributed by atoms with Crippen LogP contribution in [0.4, 0.5) is 0 Å². The van der Waals surface area contributed by atoms with Crippen molar-refractivity contribution in [3.05, 3.63) is 41.4 Å². The molecule has 29 heavy (non-hydrogen) atoms. The van der Waals surface area contributed by atoms with Gasteiger partial charge < -0.3 is 15.1 Å². The van der Waals surface area contributed by atoms with Crippen molar-refractivity contribution in [1.29, 1.82) is 0 Å². The van der Waals surface area contributed by atoms with Crippen LogP contribution >= 0.6 is 11.6 Å². The normalized spacial score (nSPS) is 19.2. The maximum Gasteiger partial charge on any atom is 0.223 e. The van der Waals surface area contributed by atoms with Gasteiger partial charge in [-0.1, -0.05) is 30.2 Å². The molecule has 0 saturated heterocycles. The van der Waals surface area contributed by atoms with Crippen molar-refractivity contribution < 1.29 is 14.0 Å². The highest BCUT2D eigenvalue weighted by Gasteiger charge is 2.28. The molecule has 1 saturated carbocycles. The molecule has 0 bridgehead atoms. The minimum atomic E-state index is -0.0441. The largest absolute Gasteiger partial charge is 0.441 e. The summed E-state index contributed by atoms with van der Waals surface area (Å²) in [6.07, 6.45) is 5.77. The molecule has 1 aliphatic rings. The number of carbonyl (C=O) groups excluding carboxylic acids is 2. The molecule has 0 radical (unpaired) electrons. The van der Waals surface area contributed by atoms with E-state index in [2.05, 4.69) is 15.6 Å². The van der Waals surface area contributed by atoms with Crippen molar-refractivity contribution in [2.45, 2.75) is 64.5 Å². The fourth-order valence-corrected chi connectivity index (χ4v) is 3.92. The first-order valence-electron chi connectivity index (χ1n) is 10.2. The van der Waals surface area contributed by atoms with Gasteiger partial charge in [0.05, 0.1) is 11.2 Å². The zero-order chi connectivity index (χ0) is 20.8. The Morgan fingerprint density at radius 1 is 1.28 bits per heavy atom. The molecule has 3 rings (SSSR count). The van der Waals surface area contributed by atoms with Gasteiger partial charge in [0.1, 0.15) is 0 Å². The highest BCUT2D eigenvalue weighted by atomic mass is 35.5. The van der Waals surface area contributed by atoms with E-state index in [1.807, 2.05) is 32.0 Å². The third kappa shape index (κ3) is 6.07. The summed E-state index contributed by atoms with van der Waals surface area (Å²) < 4.78 is 5.75. The molecule has 7 heteroatoms. The van der Waals surface area contributed by atoms with Gasteiger partial charge >= 0.3 is 0 Å². The molecule has 2 amide bonds. The Hall–Kier alpha value is -2.34. The number of amides is 2. The van der Waals surface area contributed by atoms with Crippen molar-refractivity contribution in [3.8, 4) is 11.3 Å². The Bertz CT molecular complexity index is 849. The SMILES string of the molecule is CC(C)NC(=O)C1CCCC(NC(=O)CCc2ncc(-c3ccccc3Cl)o2)C1. The van der Waals surface area contributed by atoms with Gasteiger partial charge in [-0.05, 0) is 45.2 Å². The molecule has 2 aromatic rings. The Morgan fingerprint density at radius 3 is 2.83 bits per heavy atom. The monoisotopic (exact) mass is 417 g/mol. The molecular weight excluding hydrogens is 390 g/mol. The van der Waals surface area contributed by atoms with Crippen molar-refractivity contribution in [2.75, 3.05) is 0 Å². The summed E-state index contributed by atoms with van der Waals surface area (Å²) in [6.45, 7) is 3.92. The van der Waals surface area contributed by atoms with Crippen LogP contribution in [0.1, 0.15) is 51.8 Å². The van der Waals surface area contributed by atoms with Gasteiger partial charge in [0, 0.05) is 36.4 Å². The van der Waals surface area contributed by atoms with Gasteiger partial charge in [0.25, 0.3) is 0 Å². The number of hydrogen-bond acceptors (Lipinski definition) is 4. The van der Waals surface area contributed by atoms with E-state index in [-0.39, 0.29) is 29.8 Å². The smallest absolute Gasteiger partial charge is 0.223 e. The van der Waals surface area contributed by atoms with Gasteiger partial charge in [0.2, 0.25) is 11.8 Å². The third-order valence-corrected chi connectivity index (χ3v) is 5.43. The van der Waals surface area contributed by atoms with E-state index in [9.17, 15) is 9.59 Å². The number of halogens is 1. The average molecular weight is 418 g/mol. The number of hydrogen-bond donors (Lipinski definition) is 2. The molecule has 2 unspecified atom stereocenters.